The van der Waals surface area contributed by atoms with Crippen molar-refractivity contribution in [2.45, 2.75) is 6.92 Å². The van der Waals surface area contributed by atoms with Crippen molar-refractivity contribution in [1.82, 2.24) is 0 Å². The van der Waals surface area contributed by atoms with E-state index in [0.29, 0.717) is 30.9 Å². The largest absolute Gasteiger partial charge is 0.546 e. The molecule has 0 aliphatic carbocycles. The average Bonchev–Trinajstić information content (AvgIpc) is 2.48. The first-order valence-corrected chi connectivity index (χ1v) is 7.19. The zero-order valence-electron chi connectivity index (χ0n) is 13.1. The summed E-state index contributed by atoms with van der Waals surface area (Å²) in [4.78, 5) is 11.1. The monoisotopic (exact) mass is 333 g/mol. The lowest BCUT2D eigenvalue weighted by Crippen LogP contribution is -3.13. The average molecular weight is 333 g/mol. The van der Waals surface area contributed by atoms with Crippen molar-refractivity contribution in [3.05, 3.63) is 29.6 Å². The second kappa shape index (κ2) is 12.8. The highest BCUT2D eigenvalue weighted by Crippen LogP contribution is 2.17. The van der Waals surface area contributed by atoms with Crippen LogP contribution in [0, 0.1) is 12.7 Å². The number of carbonyl (C=O) groups is 1. The molecule has 0 unspecified atom stereocenters. The number of aliphatic hydroxyl groups is 3. The van der Waals surface area contributed by atoms with E-state index >= 15 is 0 Å². The van der Waals surface area contributed by atoms with Crippen molar-refractivity contribution >= 4 is 5.97 Å². The summed E-state index contributed by atoms with van der Waals surface area (Å²) in [5.74, 6) is -1.33. The molecule has 23 heavy (non-hydrogen) atoms. The van der Waals surface area contributed by atoms with Gasteiger partial charge in [-0.05, 0) is 30.7 Å². The highest BCUT2D eigenvalue weighted by molar-refractivity contribution is 5.66. The minimum absolute atomic E-state index is 0.106. The molecule has 0 aliphatic heterocycles. The van der Waals surface area contributed by atoms with Crippen LogP contribution in [-0.4, -0.2) is 67.4 Å². The smallest absolute Gasteiger partial charge is 0.128 e. The van der Waals surface area contributed by atoms with Gasteiger partial charge >= 0.3 is 0 Å². The van der Waals surface area contributed by atoms with Gasteiger partial charge < -0.3 is 34.9 Å². The summed E-state index contributed by atoms with van der Waals surface area (Å²) in [6.45, 7) is 3.23. The van der Waals surface area contributed by atoms with Crippen molar-refractivity contribution in [3.63, 3.8) is 0 Å². The van der Waals surface area contributed by atoms with E-state index in [9.17, 15) is 14.3 Å². The number of halogens is 1. The van der Waals surface area contributed by atoms with Gasteiger partial charge in [0.05, 0.1) is 25.8 Å². The van der Waals surface area contributed by atoms with Crippen LogP contribution in [0.2, 0.25) is 0 Å². The molecule has 0 saturated carbocycles. The minimum Gasteiger partial charge on any atom is -0.546 e. The van der Waals surface area contributed by atoms with E-state index < -0.39 is 12.6 Å². The normalized spacial score (nSPS) is 10.2. The number of aryl methyl sites for hydroxylation is 1. The Labute approximate surface area is 134 Å². The molecule has 7 nitrogen and oxygen atoms in total. The molecule has 0 heterocycles. The van der Waals surface area contributed by atoms with Gasteiger partial charge in [-0.1, -0.05) is 0 Å². The molecule has 1 aromatic rings. The van der Waals surface area contributed by atoms with Crippen LogP contribution in [0.25, 0.3) is 0 Å². The van der Waals surface area contributed by atoms with Crippen LogP contribution < -0.4 is 14.7 Å². The third kappa shape index (κ3) is 10.6. The summed E-state index contributed by atoms with van der Waals surface area (Å²) in [6.07, 6.45) is 0. The molecule has 0 radical (unpaired) electrons. The Morgan fingerprint density at radius 3 is 2.09 bits per heavy atom. The molecular formula is C15H24FNO6. The fourth-order valence-electron chi connectivity index (χ4n) is 1.76. The summed E-state index contributed by atoms with van der Waals surface area (Å²) in [6, 6.07) is 3.86. The van der Waals surface area contributed by atoms with Crippen LogP contribution >= 0.6 is 0 Å². The lowest BCUT2D eigenvalue weighted by molar-refractivity contribution is -0.901. The fourth-order valence-corrected chi connectivity index (χ4v) is 1.76. The maximum Gasteiger partial charge on any atom is 0.128 e. The minimum atomic E-state index is -1.30. The van der Waals surface area contributed by atoms with Gasteiger partial charge in [0.2, 0.25) is 0 Å². The topological polar surface area (TPSA) is 114 Å². The molecule has 0 spiro atoms. The summed E-state index contributed by atoms with van der Waals surface area (Å²) in [7, 11) is 0. The molecule has 0 atom stereocenters. The summed E-state index contributed by atoms with van der Waals surface area (Å²) < 4.78 is 17.4. The van der Waals surface area contributed by atoms with Crippen LogP contribution in [0.5, 0.6) is 5.75 Å². The number of ether oxygens (including phenoxy) is 1. The zero-order valence-corrected chi connectivity index (χ0v) is 13.1. The van der Waals surface area contributed by atoms with Gasteiger partial charge in [0.25, 0.3) is 0 Å². The van der Waals surface area contributed by atoms with E-state index in [0.717, 1.165) is 4.90 Å². The van der Waals surface area contributed by atoms with E-state index in [-0.39, 0.29) is 25.6 Å². The molecule has 132 valence electrons. The molecule has 1 aromatic carbocycles. The van der Waals surface area contributed by atoms with E-state index in [2.05, 4.69) is 0 Å². The van der Waals surface area contributed by atoms with Gasteiger partial charge in [-0.25, -0.2) is 4.39 Å². The van der Waals surface area contributed by atoms with Crippen LogP contribution in [0.1, 0.15) is 5.56 Å². The maximum absolute atomic E-state index is 12.6. The van der Waals surface area contributed by atoms with Gasteiger partial charge in [-0.15, -0.1) is 0 Å². The van der Waals surface area contributed by atoms with Gasteiger partial charge in [0.15, 0.2) is 0 Å². The Balaban J connectivity index is 0.000000438. The third-order valence-electron chi connectivity index (χ3n) is 2.88. The number of carboxylic acids is 1. The number of hydrogen-bond donors (Lipinski definition) is 4. The maximum atomic E-state index is 12.6. The molecule has 8 heteroatoms. The quantitative estimate of drug-likeness (QED) is 0.386. The Hall–Kier alpha value is -1.74. The van der Waals surface area contributed by atoms with Crippen molar-refractivity contribution in [2.75, 3.05) is 46.1 Å². The Bertz CT molecular complexity index is 443. The summed E-state index contributed by atoms with van der Waals surface area (Å²) in [5, 5.41) is 35.6. The summed E-state index contributed by atoms with van der Waals surface area (Å²) >= 11 is 0. The summed E-state index contributed by atoms with van der Waals surface area (Å²) in [5.41, 5.74) is 0.557. The number of hydrogen-bond acceptors (Lipinski definition) is 6. The number of carbonyl (C=O) groups excluding carboxylic acids is 1. The number of aliphatic carboxylic acids is 1. The van der Waals surface area contributed by atoms with Crippen molar-refractivity contribution in [1.29, 1.82) is 0 Å². The van der Waals surface area contributed by atoms with Gasteiger partial charge in [-0.2, -0.15) is 0 Å². The first-order valence-electron chi connectivity index (χ1n) is 7.19. The predicted molar refractivity (Wildman–Crippen MR) is 78.5 cm³/mol. The fraction of sp³-hybridized carbons (Fsp3) is 0.533. The molecule has 0 aromatic heterocycles. The first kappa shape index (κ1) is 21.3. The van der Waals surface area contributed by atoms with Gasteiger partial charge in [-0.3, -0.25) is 0 Å². The van der Waals surface area contributed by atoms with E-state index in [1.54, 1.807) is 6.92 Å². The third-order valence-corrected chi connectivity index (χ3v) is 2.88. The lowest BCUT2D eigenvalue weighted by atomic mass is 10.2. The highest BCUT2D eigenvalue weighted by Gasteiger charge is 2.04. The second-order valence-corrected chi connectivity index (χ2v) is 4.74. The van der Waals surface area contributed by atoms with Crippen LogP contribution in [0.15, 0.2) is 18.2 Å². The second-order valence-electron chi connectivity index (χ2n) is 4.74. The Kier molecular flexibility index (Phi) is 11.8. The zero-order chi connectivity index (χ0) is 17.7. The molecule has 0 amide bonds. The standard InChI is InChI=1S/C9H9FO3.C6H15NO3/c1-6-4-7(10)2-3-8(6)13-5-9(11)12;8-4-1-7(2-5-9)3-6-10/h2-4H,5H2,1H3,(H,11,12);8-10H,1-6H2. The lowest BCUT2D eigenvalue weighted by Gasteiger charge is -2.15. The predicted octanol–water partition coefficient (Wildman–Crippen LogP) is -2.89. The molecular weight excluding hydrogens is 309 g/mol. The Morgan fingerprint density at radius 2 is 1.70 bits per heavy atom. The SMILES string of the molecule is Cc1cc(F)ccc1OCC(=O)[O-].OCC[NH+](CCO)CCO. The van der Waals surface area contributed by atoms with Crippen LogP contribution in [-0.2, 0) is 4.79 Å². The Morgan fingerprint density at radius 1 is 1.17 bits per heavy atom. The van der Waals surface area contributed by atoms with Crippen LogP contribution in [0.4, 0.5) is 4.39 Å². The molecule has 0 bridgehead atoms. The number of aliphatic hydroxyl groups excluding tert-OH is 3. The van der Waals surface area contributed by atoms with Crippen molar-refractivity contribution in [3.8, 4) is 5.75 Å². The highest BCUT2D eigenvalue weighted by atomic mass is 19.1. The van der Waals surface area contributed by atoms with E-state index in [4.69, 9.17) is 20.1 Å². The van der Waals surface area contributed by atoms with Crippen molar-refractivity contribution < 1.29 is 39.2 Å². The number of nitrogens with one attached hydrogen (secondary N) is 1. The van der Waals surface area contributed by atoms with E-state index in [1.807, 2.05) is 0 Å². The molecule has 4 N–H and O–H groups in total. The first-order chi connectivity index (χ1) is 10.9. The van der Waals surface area contributed by atoms with Crippen molar-refractivity contribution in [2.24, 2.45) is 0 Å². The van der Waals surface area contributed by atoms with Crippen LogP contribution in [0.3, 0.4) is 0 Å². The van der Waals surface area contributed by atoms with Gasteiger partial charge in [0.1, 0.15) is 37.8 Å². The van der Waals surface area contributed by atoms with E-state index in [1.165, 1.54) is 18.2 Å². The molecule has 0 aliphatic rings. The molecule has 1 rings (SSSR count). The number of benzene rings is 1. The molecule has 0 saturated heterocycles. The number of quaternary nitrogens is 1. The molecule has 0 fully saturated rings. The number of rotatable bonds is 9. The van der Waals surface area contributed by atoms with Gasteiger partial charge in [0, 0.05) is 0 Å². The number of carboxylic acid groups (broad SMARTS) is 1.